The number of aryl methyl sites for hydroxylation is 2. The van der Waals surface area contributed by atoms with Gasteiger partial charge in [0.25, 0.3) is 0 Å². The molecule has 1 aliphatic rings. The summed E-state index contributed by atoms with van der Waals surface area (Å²) in [4.78, 5) is 4.19. The van der Waals surface area contributed by atoms with Crippen LogP contribution in [0.2, 0.25) is 0 Å². The first-order valence-electron chi connectivity index (χ1n) is 10.6. The van der Waals surface area contributed by atoms with Gasteiger partial charge in [-0.05, 0) is 37.5 Å². The molecule has 1 aromatic carbocycles. The second-order valence-corrected chi connectivity index (χ2v) is 7.30. The monoisotopic (exact) mass is 436 g/mol. The first-order valence-corrected chi connectivity index (χ1v) is 10.6. The van der Waals surface area contributed by atoms with Crippen molar-refractivity contribution in [2.75, 3.05) is 20.7 Å². The second kappa shape index (κ2) is 11.5. The SMILES string of the molecule is CN=C(NCCCc1nnc2n1CCCCC2)NCc1cc(OC)ccc1OC(F)F. The maximum atomic E-state index is 12.7. The number of nitrogens with one attached hydrogen (secondary N) is 2. The molecule has 170 valence electrons. The number of aromatic nitrogens is 3. The molecule has 2 heterocycles. The number of halogens is 2. The van der Waals surface area contributed by atoms with Crippen LogP contribution in [0, 0.1) is 0 Å². The lowest BCUT2D eigenvalue weighted by Gasteiger charge is -2.15. The predicted molar refractivity (Wildman–Crippen MR) is 114 cm³/mol. The van der Waals surface area contributed by atoms with Crippen LogP contribution in [0.15, 0.2) is 23.2 Å². The smallest absolute Gasteiger partial charge is 0.387 e. The summed E-state index contributed by atoms with van der Waals surface area (Å²) in [7, 11) is 3.19. The molecule has 0 fully saturated rings. The quantitative estimate of drug-likeness (QED) is 0.357. The first kappa shape index (κ1) is 22.8. The highest BCUT2D eigenvalue weighted by Crippen LogP contribution is 2.25. The summed E-state index contributed by atoms with van der Waals surface area (Å²) in [6, 6.07) is 4.72. The van der Waals surface area contributed by atoms with Crippen molar-refractivity contribution in [2.24, 2.45) is 4.99 Å². The maximum Gasteiger partial charge on any atom is 0.387 e. The van der Waals surface area contributed by atoms with E-state index in [1.165, 1.54) is 32.4 Å². The normalized spacial score (nSPS) is 14.2. The number of fused-ring (bicyclic) bond motifs is 1. The minimum absolute atomic E-state index is 0.103. The molecule has 2 aromatic rings. The molecule has 1 aliphatic heterocycles. The van der Waals surface area contributed by atoms with Crippen LogP contribution in [0.1, 0.15) is 42.9 Å². The Bertz CT molecular complexity index is 872. The molecule has 0 unspecified atom stereocenters. The third-order valence-electron chi connectivity index (χ3n) is 5.21. The van der Waals surface area contributed by atoms with E-state index in [1.54, 1.807) is 19.2 Å². The molecule has 3 rings (SSSR count). The highest BCUT2D eigenvalue weighted by Gasteiger charge is 2.14. The average Bonchev–Trinajstić information content (AvgIpc) is 2.99. The average molecular weight is 437 g/mol. The van der Waals surface area contributed by atoms with Gasteiger partial charge in [-0.2, -0.15) is 8.78 Å². The summed E-state index contributed by atoms with van der Waals surface area (Å²) >= 11 is 0. The van der Waals surface area contributed by atoms with Crippen molar-refractivity contribution in [3.63, 3.8) is 0 Å². The number of benzene rings is 1. The molecule has 0 spiro atoms. The third-order valence-corrected chi connectivity index (χ3v) is 5.21. The van der Waals surface area contributed by atoms with Gasteiger partial charge < -0.3 is 24.7 Å². The Balaban J connectivity index is 1.49. The van der Waals surface area contributed by atoms with Gasteiger partial charge in [0.1, 0.15) is 23.1 Å². The van der Waals surface area contributed by atoms with E-state index >= 15 is 0 Å². The van der Waals surface area contributed by atoms with E-state index in [4.69, 9.17) is 4.74 Å². The van der Waals surface area contributed by atoms with E-state index in [2.05, 4.69) is 35.1 Å². The van der Waals surface area contributed by atoms with Crippen molar-refractivity contribution < 1.29 is 18.3 Å². The molecule has 0 aliphatic carbocycles. The minimum atomic E-state index is -2.89. The first-order chi connectivity index (χ1) is 15.1. The van der Waals surface area contributed by atoms with E-state index < -0.39 is 6.61 Å². The van der Waals surface area contributed by atoms with Crippen LogP contribution >= 0.6 is 0 Å². The third kappa shape index (κ3) is 6.53. The van der Waals surface area contributed by atoms with Gasteiger partial charge in [-0.25, -0.2) is 0 Å². The van der Waals surface area contributed by atoms with E-state index in [-0.39, 0.29) is 12.3 Å². The van der Waals surface area contributed by atoms with Gasteiger partial charge in [0.05, 0.1) is 7.11 Å². The van der Waals surface area contributed by atoms with Gasteiger partial charge in [-0.1, -0.05) is 6.42 Å². The van der Waals surface area contributed by atoms with Gasteiger partial charge in [-0.3, -0.25) is 4.99 Å². The zero-order valence-corrected chi connectivity index (χ0v) is 18.0. The Labute approximate surface area is 181 Å². The van der Waals surface area contributed by atoms with Crippen molar-refractivity contribution in [3.05, 3.63) is 35.4 Å². The van der Waals surface area contributed by atoms with Crippen molar-refractivity contribution in [3.8, 4) is 11.5 Å². The van der Waals surface area contributed by atoms with Crippen LogP contribution in [0.3, 0.4) is 0 Å². The number of ether oxygens (including phenoxy) is 2. The van der Waals surface area contributed by atoms with Crippen molar-refractivity contribution in [1.29, 1.82) is 0 Å². The van der Waals surface area contributed by atoms with Gasteiger partial charge in [0.15, 0.2) is 5.96 Å². The fraction of sp³-hybridized carbons (Fsp3) is 0.571. The fourth-order valence-electron chi connectivity index (χ4n) is 3.61. The summed E-state index contributed by atoms with van der Waals surface area (Å²) in [6.45, 7) is -0.939. The number of alkyl halides is 2. The number of guanidine groups is 1. The molecule has 0 saturated carbocycles. The summed E-state index contributed by atoms with van der Waals surface area (Å²) in [5, 5.41) is 15.1. The highest BCUT2D eigenvalue weighted by atomic mass is 19.3. The summed E-state index contributed by atoms with van der Waals surface area (Å²) in [6.07, 6.45) is 6.30. The van der Waals surface area contributed by atoms with Crippen LogP contribution < -0.4 is 20.1 Å². The molecule has 0 atom stereocenters. The lowest BCUT2D eigenvalue weighted by Crippen LogP contribution is -2.37. The largest absolute Gasteiger partial charge is 0.497 e. The van der Waals surface area contributed by atoms with Crippen LogP contribution in [0.5, 0.6) is 11.5 Å². The second-order valence-electron chi connectivity index (χ2n) is 7.30. The van der Waals surface area contributed by atoms with Crippen molar-refractivity contribution in [2.45, 2.75) is 58.2 Å². The van der Waals surface area contributed by atoms with E-state index in [0.29, 0.717) is 23.8 Å². The van der Waals surface area contributed by atoms with Gasteiger partial charge in [-0.15, -0.1) is 10.2 Å². The van der Waals surface area contributed by atoms with Crippen LogP contribution in [0.4, 0.5) is 8.78 Å². The van der Waals surface area contributed by atoms with E-state index in [9.17, 15) is 8.78 Å². The van der Waals surface area contributed by atoms with Crippen LogP contribution in [0.25, 0.3) is 0 Å². The Morgan fingerprint density at radius 1 is 1.23 bits per heavy atom. The van der Waals surface area contributed by atoms with Gasteiger partial charge >= 0.3 is 6.61 Å². The number of nitrogens with zero attached hydrogens (tertiary/aromatic N) is 4. The molecule has 1 aromatic heterocycles. The summed E-state index contributed by atoms with van der Waals surface area (Å²) < 4.78 is 37.4. The van der Waals surface area contributed by atoms with Gasteiger partial charge in [0.2, 0.25) is 0 Å². The van der Waals surface area contributed by atoms with Crippen LogP contribution in [-0.4, -0.2) is 48.0 Å². The zero-order chi connectivity index (χ0) is 22.1. The van der Waals surface area contributed by atoms with Crippen molar-refractivity contribution in [1.82, 2.24) is 25.4 Å². The molecule has 8 nitrogen and oxygen atoms in total. The number of methoxy groups -OCH3 is 1. The number of hydrogen-bond donors (Lipinski definition) is 2. The van der Waals surface area contributed by atoms with E-state index in [0.717, 1.165) is 37.5 Å². The molecule has 31 heavy (non-hydrogen) atoms. The van der Waals surface area contributed by atoms with Crippen molar-refractivity contribution >= 4 is 5.96 Å². The van der Waals surface area contributed by atoms with Crippen LogP contribution in [-0.2, 0) is 25.9 Å². The number of rotatable bonds is 9. The topological polar surface area (TPSA) is 85.6 Å². The molecular formula is C21H30F2N6O2. The molecule has 0 bridgehead atoms. The lowest BCUT2D eigenvalue weighted by molar-refractivity contribution is -0.0504. The minimum Gasteiger partial charge on any atom is -0.497 e. The molecular weight excluding hydrogens is 406 g/mol. The Kier molecular flexibility index (Phi) is 8.43. The Morgan fingerprint density at radius 2 is 2.10 bits per heavy atom. The molecule has 0 radical (unpaired) electrons. The Morgan fingerprint density at radius 3 is 2.87 bits per heavy atom. The van der Waals surface area contributed by atoms with Gasteiger partial charge in [0, 0.05) is 45.1 Å². The standard InChI is InChI=1S/C21H30F2N6O2/c1-24-21(26-14-15-13-16(30-2)9-10-17(15)31-20(22)23)25-11-6-8-19-28-27-18-7-4-3-5-12-29(18)19/h9-10,13,20H,3-8,11-12,14H2,1-2H3,(H2,24,25,26). The lowest BCUT2D eigenvalue weighted by atomic mass is 10.2. The predicted octanol–water partition coefficient (Wildman–Crippen LogP) is 2.91. The highest BCUT2D eigenvalue weighted by molar-refractivity contribution is 5.79. The summed E-state index contributed by atoms with van der Waals surface area (Å²) in [5.41, 5.74) is 0.550. The molecule has 0 amide bonds. The zero-order valence-electron chi connectivity index (χ0n) is 18.0. The number of hydrogen-bond acceptors (Lipinski definition) is 5. The molecule has 10 heteroatoms. The summed E-state index contributed by atoms with van der Waals surface area (Å²) in [5.74, 6) is 3.37. The fourth-order valence-corrected chi connectivity index (χ4v) is 3.61. The maximum absolute atomic E-state index is 12.7. The Hall–Kier alpha value is -2.91. The molecule has 2 N–H and O–H groups in total. The number of aliphatic imine (C=N–C) groups is 1. The van der Waals surface area contributed by atoms with E-state index in [1.807, 2.05) is 0 Å². The molecule has 0 saturated heterocycles.